The van der Waals surface area contributed by atoms with Gasteiger partial charge in [-0.1, -0.05) is 108 Å². The van der Waals surface area contributed by atoms with E-state index in [4.69, 9.17) is 0 Å². The van der Waals surface area contributed by atoms with Crippen molar-refractivity contribution < 1.29 is 0 Å². The zero-order valence-electron chi connectivity index (χ0n) is 33.9. The summed E-state index contributed by atoms with van der Waals surface area (Å²) in [6, 6.07) is 86.3. The van der Waals surface area contributed by atoms with Gasteiger partial charge in [0.05, 0.1) is 0 Å². The Labute approximate surface area is 354 Å². The van der Waals surface area contributed by atoms with Gasteiger partial charge in [-0.2, -0.15) is 0 Å². The van der Waals surface area contributed by atoms with Crippen LogP contribution in [0.1, 0.15) is 11.1 Å². The Kier molecular flexibility index (Phi) is 10.9. The lowest BCUT2D eigenvalue weighted by atomic mass is 10.1. The molecule has 0 radical (unpaired) electrons. The fourth-order valence-electron chi connectivity index (χ4n) is 7.74. The van der Waals surface area contributed by atoms with E-state index in [1.165, 1.54) is 11.1 Å². The second-order valence-corrected chi connectivity index (χ2v) is 14.9. The van der Waals surface area contributed by atoms with Crippen LogP contribution in [0.2, 0.25) is 0 Å². The monoisotopic (exact) mass is 774 g/mol. The number of aryl methyl sites for hydroxylation is 2. The molecule has 9 aromatic carbocycles. The summed E-state index contributed by atoms with van der Waals surface area (Å²) in [5.41, 5.74) is 15.6. The van der Waals surface area contributed by atoms with Crippen molar-refractivity contribution in [2.24, 2.45) is 0 Å². The molecule has 60 heavy (non-hydrogen) atoms. The second-order valence-electron chi connectivity index (χ2n) is 14.9. The molecular formula is C56H46N4. The van der Waals surface area contributed by atoms with Gasteiger partial charge in [0.1, 0.15) is 0 Å². The molecule has 0 spiro atoms. The van der Waals surface area contributed by atoms with Crippen LogP contribution in [0.5, 0.6) is 0 Å². The van der Waals surface area contributed by atoms with Gasteiger partial charge in [-0.15, -0.1) is 0 Å². The molecule has 0 saturated heterocycles. The third kappa shape index (κ3) is 8.13. The fraction of sp³-hybridized carbons (Fsp3) is 0.0357. The van der Waals surface area contributed by atoms with Gasteiger partial charge in [0.15, 0.2) is 0 Å². The minimum absolute atomic E-state index is 1.07. The van der Waals surface area contributed by atoms with Crippen molar-refractivity contribution in [1.82, 2.24) is 0 Å². The van der Waals surface area contributed by atoms with Gasteiger partial charge in [0.2, 0.25) is 0 Å². The first kappa shape index (κ1) is 37.7. The van der Waals surface area contributed by atoms with Crippen LogP contribution in [0.25, 0.3) is 0 Å². The zero-order valence-corrected chi connectivity index (χ0v) is 33.9. The normalized spacial score (nSPS) is 10.8. The van der Waals surface area contributed by atoms with Gasteiger partial charge in [0.25, 0.3) is 0 Å². The maximum Gasteiger partial charge on any atom is 0.0463 e. The molecule has 4 heteroatoms. The Balaban J connectivity index is 1.06. The van der Waals surface area contributed by atoms with Crippen molar-refractivity contribution in [1.29, 1.82) is 0 Å². The van der Waals surface area contributed by atoms with Gasteiger partial charge in [-0.3, -0.25) is 0 Å². The highest BCUT2D eigenvalue weighted by Gasteiger charge is 2.19. The van der Waals surface area contributed by atoms with Crippen LogP contribution >= 0.6 is 0 Å². The summed E-state index contributed by atoms with van der Waals surface area (Å²) < 4.78 is 0. The van der Waals surface area contributed by atoms with E-state index in [1.807, 2.05) is 0 Å². The standard InChI is InChI=1S/C56H46N4/c1-43-23-27-49(28-24-43)60(50-29-25-44(2)26-30-50)56-41-39-55(40-42-56)59(48-21-13-6-14-22-48)54-37-35-53(36-38-54)58(47-19-11-5-12-20-47)52-33-31-51(32-34-52)57(45-15-7-3-8-16-45)46-17-9-4-10-18-46/h3-42H,1-2H3. The van der Waals surface area contributed by atoms with Crippen LogP contribution in [-0.2, 0) is 0 Å². The van der Waals surface area contributed by atoms with Crippen LogP contribution in [0.3, 0.4) is 0 Å². The molecule has 0 saturated carbocycles. The molecule has 0 bridgehead atoms. The van der Waals surface area contributed by atoms with E-state index >= 15 is 0 Å². The highest BCUT2D eigenvalue weighted by Crippen LogP contribution is 2.42. The van der Waals surface area contributed by atoms with Crippen molar-refractivity contribution in [3.63, 3.8) is 0 Å². The largest absolute Gasteiger partial charge is 0.311 e. The second kappa shape index (κ2) is 17.4. The van der Waals surface area contributed by atoms with E-state index in [1.54, 1.807) is 0 Å². The van der Waals surface area contributed by atoms with Crippen molar-refractivity contribution in [2.75, 3.05) is 19.6 Å². The van der Waals surface area contributed by atoms with E-state index in [2.05, 4.69) is 276 Å². The molecular weight excluding hydrogens is 729 g/mol. The van der Waals surface area contributed by atoms with Gasteiger partial charge >= 0.3 is 0 Å². The summed E-state index contributed by atoms with van der Waals surface area (Å²) in [6.45, 7) is 4.26. The Morgan fingerprint density at radius 1 is 0.167 bits per heavy atom. The first-order chi connectivity index (χ1) is 29.6. The Hall–Kier alpha value is -7.82. The fourth-order valence-corrected chi connectivity index (χ4v) is 7.74. The molecule has 0 aliphatic heterocycles. The maximum atomic E-state index is 2.32. The van der Waals surface area contributed by atoms with E-state index in [-0.39, 0.29) is 0 Å². The number of nitrogens with zero attached hydrogens (tertiary/aromatic N) is 4. The topological polar surface area (TPSA) is 13.0 Å². The first-order valence-electron chi connectivity index (χ1n) is 20.4. The number of para-hydroxylation sites is 4. The van der Waals surface area contributed by atoms with Gasteiger partial charge in [-0.25, -0.2) is 0 Å². The Morgan fingerprint density at radius 2 is 0.300 bits per heavy atom. The third-order valence-electron chi connectivity index (χ3n) is 10.7. The zero-order chi connectivity index (χ0) is 40.7. The number of hydrogen-bond donors (Lipinski definition) is 0. The van der Waals surface area contributed by atoms with E-state index < -0.39 is 0 Å². The van der Waals surface area contributed by atoms with Crippen LogP contribution in [-0.4, -0.2) is 0 Å². The molecule has 0 fully saturated rings. The molecule has 290 valence electrons. The minimum Gasteiger partial charge on any atom is -0.311 e. The highest BCUT2D eigenvalue weighted by molar-refractivity contribution is 5.84. The lowest BCUT2D eigenvalue weighted by molar-refractivity contribution is 1.24. The quantitative estimate of drug-likeness (QED) is 0.123. The average molecular weight is 775 g/mol. The molecule has 0 amide bonds. The molecule has 0 atom stereocenters. The summed E-state index contributed by atoms with van der Waals surface area (Å²) in [5.74, 6) is 0. The molecule has 0 aliphatic carbocycles. The Bertz CT molecular complexity index is 2640. The van der Waals surface area contributed by atoms with E-state index in [0.717, 1.165) is 68.2 Å². The van der Waals surface area contributed by atoms with Crippen molar-refractivity contribution in [3.05, 3.63) is 254 Å². The summed E-state index contributed by atoms with van der Waals surface area (Å²) in [6.07, 6.45) is 0. The molecule has 0 N–H and O–H groups in total. The summed E-state index contributed by atoms with van der Waals surface area (Å²) in [5, 5.41) is 0. The molecule has 9 rings (SSSR count). The van der Waals surface area contributed by atoms with Crippen LogP contribution < -0.4 is 19.6 Å². The SMILES string of the molecule is Cc1ccc(N(c2ccc(C)cc2)c2ccc(N(c3ccccc3)c3ccc(N(c4ccccc4)c4ccc(N(c5ccccc5)c5ccccc5)cc4)cc3)cc2)cc1. The van der Waals surface area contributed by atoms with E-state index in [9.17, 15) is 0 Å². The lowest BCUT2D eigenvalue weighted by Crippen LogP contribution is -2.13. The van der Waals surface area contributed by atoms with Gasteiger partial charge < -0.3 is 19.6 Å². The summed E-state index contributed by atoms with van der Waals surface area (Å²) in [7, 11) is 0. The van der Waals surface area contributed by atoms with Crippen LogP contribution in [0, 0.1) is 13.8 Å². The predicted molar refractivity (Wildman–Crippen MR) is 255 cm³/mol. The summed E-state index contributed by atoms with van der Waals surface area (Å²) >= 11 is 0. The number of rotatable bonds is 12. The third-order valence-corrected chi connectivity index (χ3v) is 10.7. The first-order valence-corrected chi connectivity index (χ1v) is 20.4. The molecule has 4 nitrogen and oxygen atoms in total. The minimum atomic E-state index is 1.07. The predicted octanol–water partition coefficient (Wildman–Crippen LogP) is 16.2. The van der Waals surface area contributed by atoms with E-state index in [0.29, 0.717) is 0 Å². The Morgan fingerprint density at radius 3 is 0.467 bits per heavy atom. The summed E-state index contributed by atoms with van der Waals surface area (Å²) in [4.78, 5) is 9.24. The highest BCUT2D eigenvalue weighted by atomic mass is 15.2. The molecule has 0 unspecified atom stereocenters. The molecule has 0 aromatic heterocycles. The van der Waals surface area contributed by atoms with Crippen molar-refractivity contribution in [2.45, 2.75) is 13.8 Å². The van der Waals surface area contributed by atoms with Gasteiger partial charge in [-0.05, 0) is 159 Å². The van der Waals surface area contributed by atoms with Crippen molar-refractivity contribution >= 4 is 68.2 Å². The smallest absolute Gasteiger partial charge is 0.0463 e. The number of hydrogen-bond acceptors (Lipinski definition) is 4. The average Bonchev–Trinajstić information content (AvgIpc) is 3.31. The van der Waals surface area contributed by atoms with Crippen LogP contribution in [0.15, 0.2) is 243 Å². The van der Waals surface area contributed by atoms with Crippen molar-refractivity contribution in [3.8, 4) is 0 Å². The molecule has 9 aromatic rings. The molecule has 0 heterocycles. The lowest BCUT2D eigenvalue weighted by Gasteiger charge is -2.30. The number of benzene rings is 9. The number of anilines is 12. The van der Waals surface area contributed by atoms with Gasteiger partial charge in [0, 0.05) is 68.2 Å². The van der Waals surface area contributed by atoms with Crippen LogP contribution in [0.4, 0.5) is 68.2 Å². The maximum absolute atomic E-state index is 2.32. The molecule has 0 aliphatic rings.